The number of aliphatic hydroxyl groups excluding tert-OH is 2. The van der Waals surface area contributed by atoms with Gasteiger partial charge in [-0.05, 0) is 124 Å². The third-order valence-electron chi connectivity index (χ3n) is 10.6. The molecule has 0 spiro atoms. The molecule has 3 N–H and O–H groups in total. The average Bonchev–Trinajstić information content (AvgIpc) is 3.06. The Hall–Kier alpha value is -0.120. The second kappa shape index (κ2) is 9.26. The third kappa shape index (κ3) is 4.62. The van der Waals surface area contributed by atoms with Gasteiger partial charge in [-0.15, -0.1) is 0 Å². The van der Waals surface area contributed by atoms with E-state index in [1.165, 1.54) is 25.7 Å². The summed E-state index contributed by atoms with van der Waals surface area (Å²) >= 11 is 0. The summed E-state index contributed by atoms with van der Waals surface area (Å²) in [6, 6.07) is 0. The predicted octanol–water partition coefficient (Wildman–Crippen LogP) is 6.19. The van der Waals surface area contributed by atoms with Gasteiger partial charge in [0.15, 0.2) is 0 Å². The summed E-state index contributed by atoms with van der Waals surface area (Å²) in [6.07, 6.45) is 10.7. The van der Waals surface area contributed by atoms with E-state index in [1.807, 2.05) is 27.7 Å². The van der Waals surface area contributed by atoms with Gasteiger partial charge in [0.2, 0.25) is 0 Å². The maximum Gasteiger partial charge on any atom is 0.0591 e. The highest BCUT2D eigenvalue weighted by atomic mass is 16.3. The van der Waals surface area contributed by atoms with Crippen LogP contribution in [0.2, 0.25) is 0 Å². The van der Waals surface area contributed by atoms with E-state index in [9.17, 15) is 15.3 Å². The molecule has 10 atom stereocenters. The first-order valence-electron chi connectivity index (χ1n) is 13.5. The molecule has 0 aromatic heterocycles. The fourth-order valence-electron chi connectivity index (χ4n) is 8.96. The van der Waals surface area contributed by atoms with E-state index >= 15 is 0 Å². The zero-order valence-corrected chi connectivity index (χ0v) is 21.5. The molecule has 31 heavy (non-hydrogen) atoms. The van der Waals surface area contributed by atoms with Gasteiger partial charge in [-0.25, -0.2) is 0 Å². The van der Waals surface area contributed by atoms with Crippen molar-refractivity contribution in [3.8, 4) is 0 Å². The second-order valence-electron chi connectivity index (χ2n) is 12.8. The van der Waals surface area contributed by atoms with E-state index in [-0.39, 0.29) is 12.2 Å². The average molecular weight is 437 g/mol. The van der Waals surface area contributed by atoms with Gasteiger partial charge in [-0.1, -0.05) is 34.6 Å². The first-order chi connectivity index (χ1) is 14.5. The van der Waals surface area contributed by atoms with Gasteiger partial charge < -0.3 is 15.3 Å². The molecule has 3 nitrogen and oxygen atoms in total. The number of aliphatic hydroxyl groups is 3. The van der Waals surface area contributed by atoms with Crippen LogP contribution in [0.1, 0.15) is 113 Å². The monoisotopic (exact) mass is 436 g/mol. The normalized spacial score (nSPS) is 48.0. The molecule has 0 aromatic carbocycles. The first-order valence-corrected chi connectivity index (χ1v) is 13.5. The highest BCUT2D eigenvalue weighted by Gasteiger charge is 2.62. The number of fused-ring (bicyclic) bond motifs is 5. The Morgan fingerprint density at radius 3 is 2.16 bits per heavy atom. The van der Waals surface area contributed by atoms with E-state index in [0.29, 0.717) is 40.4 Å². The van der Waals surface area contributed by atoms with Gasteiger partial charge in [-0.2, -0.15) is 0 Å². The lowest BCUT2D eigenvalue weighted by Gasteiger charge is -2.62. The molecular formula is C28H52O3. The summed E-state index contributed by atoms with van der Waals surface area (Å²) in [5, 5.41) is 31.8. The van der Waals surface area contributed by atoms with E-state index in [1.54, 1.807) is 0 Å². The van der Waals surface area contributed by atoms with Crippen LogP contribution in [0, 0.1) is 46.3 Å². The Labute approximate surface area is 192 Å². The lowest BCUT2D eigenvalue weighted by molar-refractivity contribution is -0.174. The zero-order chi connectivity index (χ0) is 23.2. The highest BCUT2D eigenvalue weighted by molar-refractivity contribution is 5.11. The Bertz CT molecular complexity index is 598. The van der Waals surface area contributed by atoms with Crippen LogP contribution in [-0.2, 0) is 0 Å². The van der Waals surface area contributed by atoms with Crippen molar-refractivity contribution in [2.75, 3.05) is 0 Å². The molecule has 4 aliphatic carbocycles. The van der Waals surface area contributed by atoms with Gasteiger partial charge in [0.1, 0.15) is 0 Å². The minimum Gasteiger partial charge on any atom is -0.393 e. The topological polar surface area (TPSA) is 60.7 Å². The van der Waals surface area contributed by atoms with Crippen LogP contribution >= 0.6 is 0 Å². The molecule has 4 saturated carbocycles. The molecule has 4 rings (SSSR count). The van der Waals surface area contributed by atoms with Crippen LogP contribution in [0.15, 0.2) is 0 Å². The zero-order valence-electron chi connectivity index (χ0n) is 21.5. The summed E-state index contributed by atoms with van der Waals surface area (Å²) in [6.45, 7) is 15.3. The summed E-state index contributed by atoms with van der Waals surface area (Å²) < 4.78 is 0. The fraction of sp³-hybridized carbons (Fsp3) is 1.00. The SMILES string of the molecule is CC.CC(CCC(C)(C)O)C1CCC2C3C(O)CC4CC(O)CCC4(C)C3CCC12C. The van der Waals surface area contributed by atoms with Crippen molar-refractivity contribution >= 4 is 0 Å². The molecular weight excluding hydrogens is 384 g/mol. The van der Waals surface area contributed by atoms with E-state index in [2.05, 4.69) is 20.8 Å². The van der Waals surface area contributed by atoms with Crippen molar-refractivity contribution in [2.45, 2.75) is 130 Å². The van der Waals surface area contributed by atoms with Crippen molar-refractivity contribution in [3.63, 3.8) is 0 Å². The number of hydrogen-bond acceptors (Lipinski definition) is 3. The number of rotatable bonds is 4. The molecule has 0 radical (unpaired) electrons. The predicted molar refractivity (Wildman–Crippen MR) is 129 cm³/mol. The Morgan fingerprint density at radius 1 is 0.903 bits per heavy atom. The first kappa shape index (κ1) is 25.5. The summed E-state index contributed by atoms with van der Waals surface area (Å²) in [5.41, 5.74) is 0.0904. The van der Waals surface area contributed by atoms with Crippen LogP contribution < -0.4 is 0 Å². The van der Waals surface area contributed by atoms with Gasteiger partial charge in [-0.3, -0.25) is 0 Å². The van der Waals surface area contributed by atoms with Crippen molar-refractivity contribution in [1.82, 2.24) is 0 Å². The largest absolute Gasteiger partial charge is 0.393 e. The number of hydrogen-bond donors (Lipinski definition) is 3. The maximum absolute atomic E-state index is 11.3. The van der Waals surface area contributed by atoms with Crippen molar-refractivity contribution < 1.29 is 15.3 Å². The third-order valence-corrected chi connectivity index (χ3v) is 10.6. The smallest absolute Gasteiger partial charge is 0.0591 e. The minimum absolute atomic E-state index is 0.154. The second-order valence-corrected chi connectivity index (χ2v) is 12.8. The summed E-state index contributed by atoms with van der Waals surface area (Å²) in [5.74, 6) is 3.60. The molecule has 10 unspecified atom stereocenters. The Morgan fingerprint density at radius 2 is 1.52 bits per heavy atom. The van der Waals surface area contributed by atoms with Crippen LogP contribution in [0.5, 0.6) is 0 Å². The molecule has 0 aliphatic heterocycles. The van der Waals surface area contributed by atoms with Crippen molar-refractivity contribution in [2.24, 2.45) is 46.3 Å². The van der Waals surface area contributed by atoms with E-state index < -0.39 is 5.60 Å². The van der Waals surface area contributed by atoms with Gasteiger partial charge in [0, 0.05) is 0 Å². The molecule has 0 bridgehead atoms. The molecule has 3 heteroatoms. The minimum atomic E-state index is -0.570. The van der Waals surface area contributed by atoms with Crippen LogP contribution in [-0.4, -0.2) is 33.1 Å². The quantitative estimate of drug-likeness (QED) is 0.492. The van der Waals surface area contributed by atoms with Crippen molar-refractivity contribution in [1.29, 1.82) is 0 Å². The van der Waals surface area contributed by atoms with E-state index in [4.69, 9.17) is 0 Å². The lowest BCUT2D eigenvalue weighted by atomic mass is 9.43. The molecule has 0 aromatic rings. The maximum atomic E-state index is 11.3. The molecule has 0 saturated heterocycles. The molecule has 0 amide bonds. The van der Waals surface area contributed by atoms with Gasteiger partial charge >= 0.3 is 0 Å². The Balaban J connectivity index is 0.00000132. The van der Waals surface area contributed by atoms with Crippen LogP contribution in [0.25, 0.3) is 0 Å². The molecule has 4 aliphatic rings. The fourth-order valence-corrected chi connectivity index (χ4v) is 8.96. The molecule has 4 fully saturated rings. The molecule has 182 valence electrons. The van der Waals surface area contributed by atoms with Crippen LogP contribution in [0.3, 0.4) is 0 Å². The Kier molecular flexibility index (Phi) is 7.62. The lowest BCUT2D eigenvalue weighted by Crippen LogP contribution is -2.58. The standard InChI is InChI=1S/C26H46O3.C2H6/c1-16(8-11-24(2,3)29)19-6-7-20-23-21(10-13-26(19,20)5)25(4)12-9-18(27)14-17(25)15-22(23)28;1-2/h16-23,27-29H,6-15H2,1-5H3;1-2H3. The highest BCUT2D eigenvalue weighted by Crippen LogP contribution is 2.68. The van der Waals surface area contributed by atoms with E-state index in [0.717, 1.165) is 44.4 Å². The van der Waals surface area contributed by atoms with Crippen molar-refractivity contribution in [3.05, 3.63) is 0 Å². The van der Waals surface area contributed by atoms with Gasteiger partial charge in [0.25, 0.3) is 0 Å². The molecule has 0 heterocycles. The summed E-state index contributed by atoms with van der Waals surface area (Å²) in [7, 11) is 0. The van der Waals surface area contributed by atoms with Crippen LogP contribution in [0.4, 0.5) is 0 Å². The summed E-state index contributed by atoms with van der Waals surface area (Å²) in [4.78, 5) is 0. The van der Waals surface area contributed by atoms with Gasteiger partial charge in [0.05, 0.1) is 17.8 Å².